The minimum atomic E-state index is -0.816. The van der Waals surface area contributed by atoms with Gasteiger partial charge in [-0.25, -0.2) is 0 Å². The predicted octanol–water partition coefficient (Wildman–Crippen LogP) is 2.92. The average Bonchev–Trinajstić information content (AvgIpc) is 2.28. The van der Waals surface area contributed by atoms with Gasteiger partial charge >= 0.3 is 5.97 Å². The molecule has 0 bridgehead atoms. The van der Waals surface area contributed by atoms with Crippen molar-refractivity contribution in [2.75, 3.05) is 13.1 Å². The van der Waals surface area contributed by atoms with Gasteiger partial charge in [-0.05, 0) is 47.2 Å². The van der Waals surface area contributed by atoms with Gasteiger partial charge in [0.05, 0.1) is 6.54 Å². The molecule has 1 aromatic rings. The Bertz CT molecular complexity index is 389. The zero-order valence-electron chi connectivity index (χ0n) is 9.77. The lowest BCUT2D eigenvalue weighted by molar-refractivity contribution is -0.138. The van der Waals surface area contributed by atoms with Crippen LogP contribution in [0.3, 0.4) is 0 Å². The van der Waals surface area contributed by atoms with Crippen LogP contribution < -0.4 is 0 Å². The van der Waals surface area contributed by atoms with Crippen LogP contribution in [0.25, 0.3) is 0 Å². The van der Waals surface area contributed by atoms with Gasteiger partial charge in [-0.1, -0.05) is 18.2 Å². The number of carbonyl (C=O) groups is 1. The normalized spacial score (nSPS) is 12.4. The van der Waals surface area contributed by atoms with Gasteiger partial charge in [0.15, 0.2) is 0 Å². The van der Waals surface area contributed by atoms with E-state index < -0.39 is 5.97 Å². The lowest BCUT2D eigenvalue weighted by atomic mass is 10.1. The quantitative estimate of drug-likeness (QED) is 0.637. The first kappa shape index (κ1) is 14.2. The van der Waals surface area contributed by atoms with Crippen LogP contribution in [0, 0.1) is 3.57 Å². The molecule has 0 radical (unpaired) electrons. The summed E-state index contributed by atoms with van der Waals surface area (Å²) in [4.78, 5) is 12.7. The Morgan fingerprint density at radius 3 is 2.59 bits per heavy atom. The number of carboxylic acid groups (broad SMARTS) is 1. The van der Waals surface area contributed by atoms with Crippen LogP contribution in [-0.4, -0.2) is 29.1 Å². The number of rotatable bonds is 6. The van der Waals surface area contributed by atoms with E-state index in [0.717, 1.165) is 5.56 Å². The molecular weight excluding hydrogens is 329 g/mol. The van der Waals surface area contributed by atoms with E-state index in [1.54, 1.807) is 6.08 Å². The highest BCUT2D eigenvalue weighted by atomic mass is 127. The number of benzene rings is 1. The molecule has 92 valence electrons. The molecule has 1 aromatic carbocycles. The average molecular weight is 345 g/mol. The first-order chi connectivity index (χ1) is 8.04. The monoisotopic (exact) mass is 345 g/mol. The van der Waals surface area contributed by atoms with Crippen LogP contribution in [-0.2, 0) is 4.79 Å². The second kappa shape index (κ2) is 6.76. The smallest absolute Gasteiger partial charge is 0.317 e. The maximum absolute atomic E-state index is 10.8. The summed E-state index contributed by atoms with van der Waals surface area (Å²) in [5, 5.41) is 8.87. The van der Waals surface area contributed by atoms with Crippen LogP contribution in [0.5, 0.6) is 0 Å². The molecule has 4 heteroatoms. The van der Waals surface area contributed by atoms with Gasteiger partial charge in [-0.15, -0.1) is 6.58 Å². The summed E-state index contributed by atoms with van der Waals surface area (Å²) in [6.07, 6.45) is 1.73. The highest BCUT2D eigenvalue weighted by Crippen LogP contribution is 2.20. The summed E-state index contributed by atoms with van der Waals surface area (Å²) in [6.45, 7) is 6.27. The summed E-state index contributed by atoms with van der Waals surface area (Å²) < 4.78 is 1.17. The molecule has 1 unspecified atom stereocenters. The molecule has 1 atom stereocenters. The molecule has 3 nitrogen and oxygen atoms in total. The van der Waals surface area contributed by atoms with Gasteiger partial charge in [-0.2, -0.15) is 0 Å². The van der Waals surface area contributed by atoms with E-state index in [0.29, 0.717) is 6.54 Å². The Hall–Kier alpha value is -0.880. The largest absolute Gasteiger partial charge is 0.480 e. The fourth-order valence-electron chi connectivity index (χ4n) is 1.65. The van der Waals surface area contributed by atoms with Gasteiger partial charge < -0.3 is 5.11 Å². The van der Waals surface area contributed by atoms with E-state index in [4.69, 9.17) is 5.11 Å². The molecule has 1 N–H and O–H groups in total. The van der Waals surface area contributed by atoms with Crippen molar-refractivity contribution in [3.63, 3.8) is 0 Å². The molecule has 0 aliphatic carbocycles. The van der Waals surface area contributed by atoms with Crippen molar-refractivity contribution in [1.82, 2.24) is 4.90 Å². The van der Waals surface area contributed by atoms with Gasteiger partial charge in [-0.3, -0.25) is 9.69 Å². The molecule has 0 spiro atoms. The van der Waals surface area contributed by atoms with Crippen molar-refractivity contribution in [2.24, 2.45) is 0 Å². The van der Waals surface area contributed by atoms with E-state index in [1.807, 2.05) is 36.1 Å². The summed E-state index contributed by atoms with van der Waals surface area (Å²) in [6, 6.07) is 8.19. The summed E-state index contributed by atoms with van der Waals surface area (Å²) in [5.41, 5.74) is 1.12. The van der Waals surface area contributed by atoms with Crippen LogP contribution in [0.1, 0.15) is 18.5 Å². The SMILES string of the molecule is C=CCN(CC(=O)O)C(C)c1ccc(I)cc1. The van der Waals surface area contributed by atoms with Crippen molar-refractivity contribution in [2.45, 2.75) is 13.0 Å². The molecule has 0 saturated carbocycles. The maximum atomic E-state index is 10.8. The van der Waals surface area contributed by atoms with Crippen LogP contribution in [0.4, 0.5) is 0 Å². The molecule has 0 amide bonds. The number of halogens is 1. The molecule has 0 fully saturated rings. The lowest BCUT2D eigenvalue weighted by Crippen LogP contribution is -2.32. The Morgan fingerprint density at radius 1 is 1.53 bits per heavy atom. The fraction of sp³-hybridized carbons (Fsp3) is 0.308. The Balaban J connectivity index is 2.82. The number of nitrogens with zero attached hydrogens (tertiary/aromatic N) is 1. The van der Waals surface area contributed by atoms with Crippen LogP contribution >= 0.6 is 22.6 Å². The van der Waals surface area contributed by atoms with Crippen molar-refractivity contribution >= 4 is 28.6 Å². The molecule has 17 heavy (non-hydrogen) atoms. The zero-order valence-corrected chi connectivity index (χ0v) is 11.9. The van der Waals surface area contributed by atoms with Crippen molar-refractivity contribution in [1.29, 1.82) is 0 Å². The van der Waals surface area contributed by atoms with Gasteiger partial charge in [0.2, 0.25) is 0 Å². The van der Waals surface area contributed by atoms with E-state index in [1.165, 1.54) is 3.57 Å². The molecule has 0 saturated heterocycles. The lowest BCUT2D eigenvalue weighted by Gasteiger charge is -2.26. The highest BCUT2D eigenvalue weighted by molar-refractivity contribution is 14.1. The third-order valence-corrected chi connectivity index (χ3v) is 3.32. The molecule has 0 aliphatic rings. The van der Waals surface area contributed by atoms with E-state index in [-0.39, 0.29) is 12.6 Å². The first-order valence-electron chi connectivity index (χ1n) is 5.36. The Morgan fingerprint density at radius 2 is 2.12 bits per heavy atom. The fourth-order valence-corrected chi connectivity index (χ4v) is 2.01. The molecular formula is C13H16INO2. The van der Waals surface area contributed by atoms with E-state index in [9.17, 15) is 4.79 Å². The topological polar surface area (TPSA) is 40.5 Å². The summed E-state index contributed by atoms with van der Waals surface area (Å²) >= 11 is 2.25. The summed E-state index contributed by atoms with van der Waals surface area (Å²) in [5.74, 6) is -0.816. The minimum Gasteiger partial charge on any atom is -0.480 e. The molecule has 0 aliphatic heterocycles. The number of aliphatic carboxylic acids is 1. The van der Waals surface area contributed by atoms with Crippen LogP contribution in [0.15, 0.2) is 36.9 Å². The predicted molar refractivity (Wildman–Crippen MR) is 77.0 cm³/mol. The Labute approximate surface area is 115 Å². The van der Waals surface area contributed by atoms with Crippen molar-refractivity contribution < 1.29 is 9.90 Å². The zero-order chi connectivity index (χ0) is 12.8. The maximum Gasteiger partial charge on any atom is 0.317 e. The molecule has 0 aromatic heterocycles. The van der Waals surface area contributed by atoms with Gasteiger partial charge in [0, 0.05) is 16.2 Å². The van der Waals surface area contributed by atoms with E-state index >= 15 is 0 Å². The van der Waals surface area contributed by atoms with Gasteiger partial charge in [0.1, 0.15) is 0 Å². The number of hydrogen-bond donors (Lipinski definition) is 1. The number of hydrogen-bond acceptors (Lipinski definition) is 2. The second-order valence-corrected chi connectivity index (χ2v) is 5.09. The number of carboxylic acids is 1. The van der Waals surface area contributed by atoms with Crippen LogP contribution in [0.2, 0.25) is 0 Å². The summed E-state index contributed by atoms with van der Waals surface area (Å²) in [7, 11) is 0. The minimum absolute atomic E-state index is 0.0270. The first-order valence-corrected chi connectivity index (χ1v) is 6.44. The van der Waals surface area contributed by atoms with Crippen molar-refractivity contribution in [3.8, 4) is 0 Å². The van der Waals surface area contributed by atoms with Gasteiger partial charge in [0.25, 0.3) is 0 Å². The highest BCUT2D eigenvalue weighted by Gasteiger charge is 2.16. The third kappa shape index (κ3) is 4.47. The van der Waals surface area contributed by atoms with Crippen molar-refractivity contribution in [3.05, 3.63) is 46.1 Å². The molecule has 0 heterocycles. The van der Waals surface area contributed by atoms with E-state index in [2.05, 4.69) is 29.2 Å². The molecule has 1 rings (SSSR count). The standard InChI is InChI=1S/C13H16INO2/c1-3-8-15(9-13(16)17)10(2)11-4-6-12(14)7-5-11/h3-7,10H,1,8-9H2,2H3,(H,16,17). The third-order valence-electron chi connectivity index (χ3n) is 2.60. The second-order valence-electron chi connectivity index (χ2n) is 3.84. The Kier molecular flexibility index (Phi) is 5.64.